The van der Waals surface area contributed by atoms with Gasteiger partial charge in [0.1, 0.15) is 11.5 Å². The largest absolute Gasteiger partial charge is 0.496 e. The molecule has 0 aliphatic rings. The van der Waals surface area contributed by atoms with Crippen molar-refractivity contribution in [2.75, 3.05) is 14.2 Å². The topological polar surface area (TPSA) is 52.6 Å². The third-order valence-electron chi connectivity index (χ3n) is 6.18. The summed E-state index contributed by atoms with van der Waals surface area (Å²) in [5.41, 5.74) is 5.62. The van der Waals surface area contributed by atoms with Gasteiger partial charge in [-0.15, -0.1) is 0 Å². The highest BCUT2D eigenvalue weighted by Gasteiger charge is 2.20. The van der Waals surface area contributed by atoms with Crippen LogP contribution < -0.4 is 9.47 Å². The van der Waals surface area contributed by atoms with E-state index < -0.39 is 0 Å². The number of aryl methyl sites for hydroxylation is 2. The van der Waals surface area contributed by atoms with E-state index in [1.54, 1.807) is 14.2 Å². The molecule has 0 saturated carbocycles. The quantitative estimate of drug-likeness (QED) is 0.291. The van der Waals surface area contributed by atoms with Crippen LogP contribution in [0.25, 0.3) is 0 Å². The number of rotatable bonds is 10. The van der Waals surface area contributed by atoms with Crippen molar-refractivity contribution in [1.82, 2.24) is 0 Å². The summed E-state index contributed by atoms with van der Waals surface area (Å²) in [4.78, 5) is 23.3. The summed E-state index contributed by atoms with van der Waals surface area (Å²) in [5.74, 6) is 1.38. The molecule has 0 saturated heterocycles. The predicted molar refractivity (Wildman–Crippen MR) is 135 cm³/mol. The van der Waals surface area contributed by atoms with E-state index in [4.69, 9.17) is 9.47 Å². The predicted octanol–water partition coefficient (Wildman–Crippen LogP) is 6.88. The lowest BCUT2D eigenvalue weighted by Gasteiger charge is -2.23. The van der Waals surface area contributed by atoms with Crippen molar-refractivity contribution < 1.29 is 19.1 Å². The lowest BCUT2D eigenvalue weighted by molar-refractivity contribution is 0.111. The molecule has 0 atom stereocenters. The van der Waals surface area contributed by atoms with Gasteiger partial charge in [-0.3, -0.25) is 9.59 Å². The molecule has 4 nitrogen and oxygen atoms in total. The Morgan fingerprint density at radius 2 is 1.00 bits per heavy atom. The molecule has 0 heterocycles. The van der Waals surface area contributed by atoms with Crippen molar-refractivity contribution in [3.63, 3.8) is 0 Å². The number of carbonyl (C=O) groups excluding carboxylic acids is 2. The summed E-state index contributed by atoms with van der Waals surface area (Å²) >= 11 is 0. The van der Waals surface area contributed by atoms with Crippen molar-refractivity contribution in [2.45, 2.75) is 84.5 Å². The number of carbonyl (C=O) groups is 2. The average molecular weight is 453 g/mol. The third kappa shape index (κ3) is 6.69. The van der Waals surface area contributed by atoms with Crippen LogP contribution in [0.15, 0.2) is 24.3 Å². The molecule has 0 bridgehead atoms. The molecule has 180 valence electrons. The van der Waals surface area contributed by atoms with Crippen LogP contribution in [0.3, 0.4) is 0 Å². The van der Waals surface area contributed by atoms with Gasteiger partial charge < -0.3 is 9.47 Å². The Labute approximate surface area is 199 Å². The van der Waals surface area contributed by atoms with Crippen LogP contribution in [-0.2, 0) is 23.7 Å². The molecule has 0 aliphatic heterocycles. The number of hydrogen-bond acceptors (Lipinski definition) is 4. The summed E-state index contributed by atoms with van der Waals surface area (Å²) < 4.78 is 11.2. The third-order valence-corrected chi connectivity index (χ3v) is 6.18. The van der Waals surface area contributed by atoms with Gasteiger partial charge in [0.2, 0.25) is 0 Å². The number of methoxy groups -OCH3 is 2. The van der Waals surface area contributed by atoms with E-state index in [0.717, 1.165) is 66.9 Å². The Balaban J connectivity index is 2.14. The van der Waals surface area contributed by atoms with Gasteiger partial charge in [0, 0.05) is 0 Å². The molecule has 0 unspecified atom stereocenters. The van der Waals surface area contributed by atoms with Crippen LogP contribution in [0.4, 0.5) is 0 Å². The van der Waals surface area contributed by atoms with Crippen molar-refractivity contribution in [2.24, 2.45) is 0 Å². The zero-order valence-corrected chi connectivity index (χ0v) is 21.6. The Hall–Kier alpha value is -2.62. The zero-order chi connectivity index (χ0) is 24.8. The van der Waals surface area contributed by atoms with Crippen LogP contribution in [0.2, 0.25) is 0 Å². The van der Waals surface area contributed by atoms with Gasteiger partial charge in [0.15, 0.2) is 12.6 Å². The minimum atomic E-state index is -0.0380. The first-order valence-electron chi connectivity index (χ1n) is 11.8. The van der Waals surface area contributed by atoms with Gasteiger partial charge in [-0.1, -0.05) is 60.1 Å². The Kier molecular flexibility index (Phi) is 8.88. The van der Waals surface area contributed by atoms with Gasteiger partial charge in [-0.25, -0.2) is 0 Å². The van der Waals surface area contributed by atoms with E-state index in [0.29, 0.717) is 22.6 Å². The van der Waals surface area contributed by atoms with E-state index in [1.807, 2.05) is 12.1 Å². The maximum atomic E-state index is 11.6. The second kappa shape index (κ2) is 11.0. The smallest absolute Gasteiger partial charge is 0.153 e. The summed E-state index contributed by atoms with van der Waals surface area (Å²) in [5, 5.41) is 0. The first-order valence-corrected chi connectivity index (χ1v) is 11.8. The fourth-order valence-electron chi connectivity index (χ4n) is 4.14. The standard InChI is InChI=1S/C29H40O4/c1-28(2,3)24-14-20(26(32-7)22(16-24)18-30)12-10-9-11-13-21-15-25(29(4,5)6)17-23(19-31)27(21)33-8/h14-19H,9-13H2,1-8H3. The highest BCUT2D eigenvalue weighted by molar-refractivity contribution is 5.81. The molecular weight excluding hydrogens is 412 g/mol. The van der Waals surface area contributed by atoms with E-state index in [9.17, 15) is 9.59 Å². The minimum absolute atomic E-state index is 0.0380. The monoisotopic (exact) mass is 452 g/mol. The average Bonchev–Trinajstić information content (AvgIpc) is 2.76. The number of ether oxygens (including phenoxy) is 2. The summed E-state index contributed by atoms with van der Waals surface area (Å²) in [6, 6.07) is 8.24. The summed E-state index contributed by atoms with van der Waals surface area (Å²) in [7, 11) is 3.25. The highest BCUT2D eigenvalue weighted by Crippen LogP contribution is 2.34. The molecular formula is C29H40O4. The van der Waals surface area contributed by atoms with Crippen molar-refractivity contribution in [3.8, 4) is 11.5 Å². The molecule has 2 rings (SSSR count). The fraction of sp³-hybridized carbons (Fsp3) is 0.517. The first-order chi connectivity index (χ1) is 15.5. The molecule has 0 spiro atoms. The Morgan fingerprint density at radius 3 is 1.27 bits per heavy atom. The fourth-order valence-corrected chi connectivity index (χ4v) is 4.14. The maximum absolute atomic E-state index is 11.6. The van der Waals surface area contributed by atoms with E-state index in [2.05, 4.69) is 53.7 Å². The Morgan fingerprint density at radius 1 is 0.636 bits per heavy atom. The number of aldehydes is 2. The first kappa shape index (κ1) is 26.6. The van der Waals surface area contributed by atoms with E-state index >= 15 is 0 Å². The van der Waals surface area contributed by atoms with Gasteiger partial charge in [0.25, 0.3) is 0 Å². The molecule has 2 aromatic rings. The van der Waals surface area contributed by atoms with Gasteiger partial charge in [0.05, 0.1) is 25.3 Å². The molecule has 0 radical (unpaired) electrons. The summed E-state index contributed by atoms with van der Waals surface area (Å²) in [6.07, 6.45) is 6.49. The van der Waals surface area contributed by atoms with Gasteiger partial charge in [-0.2, -0.15) is 0 Å². The van der Waals surface area contributed by atoms with Gasteiger partial charge in [-0.05, 0) is 70.9 Å². The molecule has 2 aromatic carbocycles. The number of benzene rings is 2. The number of unbranched alkanes of at least 4 members (excludes halogenated alkanes) is 2. The molecule has 33 heavy (non-hydrogen) atoms. The molecule has 0 aromatic heterocycles. The van der Waals surface area contributed by atoms with Crippen LogP contribution in [0, 0.1) is 0 Å². The minimum Gasteiger partial charge on any atom is -0.496 e. The SMILES string of the molecule is COc1c(C=O)cc(C(C)(C)C)cc1CCCCCc1cc(C(C)(C)C)cc(C=O)c1OC. The van der Waals surface area contributed by atoms with Crippen LogP contribution in [0.1, 0.15) is 104 Å². The molecule has 0 fully saturated rings. The maximum Gasteiger partial charge on any atom is 0.153 e. The highest BCUT2D eigenvalue weighted by atomic mass is 16.5. The molecule has 0 aliphatic carbocycles. The van der Waals surface area contributed by atoms with E-state index in [-0.39, 0.29) is 10.8 Å². The zero-order valence-electron chi connectivity index (χ0n) is 21.6. The molecule has 4 heteroatoms. The van der Waals surface area contributed by atoms with Crippen molar-refractivity contribution in [3.05, 3.63) is 57.6 Å². The van der Waals surface area contributed by atoms with Crippen LogP contribution in [0.5, 0.6) is 11.5 Å². The lowest BCUT2D eigenvalue weighted by atomic mass is 9.83. The second-order valence-corrected chi connectivity index (χ2v) is 10.8. The second-order valence-electron chi connectivity index (χ2n) is 10.8. The van der Waals surface area contributed by atoms with Gasteiger partial charge >= 0.3 is 0 Å². The number of hydrogen-bond donors (Lipinski definition) is 0. The van der Waals surface area contributed by atoms with Crippen LogP contribution in [-0.4, -0.2) is 26.8 Å². The van der Waals surface area contributed by atoms with E-state index in [1.165, 1.54) is 0 Å². The Bertz CT molecular complexity index is 895. The molecule has 0 amide bonds. The lowest BCUT2D eigenvalue weighted by Crippen LogP contribution is -2.13. The normalized spacial score (nSPS) is 11.9. The van der Waals surface area contributed by atoms with Crippen molar-refractivity contribution >= 4 is 12.6 Å². The van der Waals surface area contributed by atoms with Crippen molar-refractivity contribution in [1.29, 1.82) is 0 Å². The van der Waals surface area contributed by atoms with Crippen LogP contribution >= 0.6 is 0 Å². The summed E-state index contributed by atoms with van der Waals surface area (Å²) in [6.45, 7) is 12.9. The molecule has 0 N–H and O–H groups in total.